The van der Waals surface area contributed by atoms with Gasteiger partial charge in [-0.1, -0.05) is 18.2 Å². The zero-order valence-corrected chi connectivity index (χ0v) is 15.6. The molecule has 0 unspecified atom stereocenters. The summed E-state index contributed by atoms with van der Waals surface area (Å²) in [6.45, 7) is 2.28. The molecule has 1 amide bonds. The number of aryl methyl sites for hydroxylation is 1. The van der Waals surface area contributed by atoms with E-state index in [1.807, 2.05) is 30.3 Å². The normalized spacial score (nSPS) is 10.0. The molecule has 140 valence electrons. The van der Waals surface area contributed by atoms with Gasteiger partial charge >= 0.3 is 0 Å². The lowest BCUT2D eigenvalue weighted by Gasteiger charge is -2.10. The van der Waals surface area contributed by atoms with Gasteiger partial charge < -0.3 is 15.4 Å². The molecule has 0 spiro atoms. The summed E-state index contributed by atoms with van der Waals surface area (Å²) in [5.41, 5.74) is 2.30. The standard InChI is InChI=1S/C21H19N5O2/c1-14-24-19(21(27)26-17-5-3-4-16(10-17)12-22)11-20(25-14)23-13-15-6-8-18(28-2)9-7-15/h3-11H,13H2,1-2H3,(H,26,27)(H,23,24,25). The third kappa shape index (κ3) is 4.83. The number of hydrogen-bond donors (Lipinski definition) is 2. The summed E-state index contributed by atoms with van der Waals surface area (Å²) in [6, 6.07) is 18.0. The first-order chi connectivity index (χ1) is 13.6. The molecule has 1 aromatic heterocycles. The average molecular weight is 373 g/mol. The number of nitrogens with zero attached hydrogens (tertiary/aromatic N) is 3. The third-order valence-corrected chi connectivity index (χ3v) is 3.95. The van der Waals surface area contributed by atoms with E-state index in [9.17, 15) is 4.79 Å². The molecule has 0 saturated heterocycles. The lowest BCUT2D eigenvalue weighted by atomic mass is 10.2. The van der Waals surface area contributed by atoms with Crippen molar-refractivity contribution in [2.75, 3.05) is 17.7 Å². The molecular formula is C21H19N5O2. The number of rotatable bonds is 6. The molecular weight excluding hydrogens is 354 g/mol. The number of nitriles is 1. The molecule has 0 bridgehead atoms. The minimum Gasteiger partial charge on any atom is -0.497 e. The number of ether oxygens (including phenoxy) is 1. The fourth-order valence-electron chi connectivity index (χ4n) is 2.57. The van der Waals surface area contributed by atoms with E-state index in [0.29, 0.717) is 29.4 Å². The highest BCUT2D eigenvalue weighted by Crippen LogP contribution is 2.15. The van der Waals surface area contributed by atoms with E-state index < -0.39 is 0 Å². The predicted molar refractivity (Wildman–Crippen MR) is 106 cm³/mol. The van der Waals surface area contributed by atoms with Crippen LogP contribution >= 0.6 is 0 Å². The smallest absolute Gasteiger partial charge is 0.274 e. The molecule has 3 rings (SSSR count). The summed E-state index contributed by atoms with van der Waals surface area (Å²) >= 11 is 0. The van der Waals surface area contributed by atoms with E-state index >= 15 is 0 Å². The van der Waals surface area contributed by atoms with Crippen LogP contribution in [0.4, 0.5) is 11.5 Å². The Kier molecular flexibility index (Phi) is 5.82. The largest absolute Gasteiger partial charge is 0.497 e. The highest BCUT2D eigenvalue weighted by molar-refractivity contribution is 6.03. The van der Waals surface area contributed by atoms with Crippen molar-refractivity contribution in [1.82, 2.24) is 9.97 Å². The number of methoxy groups -OCH3 is 1. The molecule has 0 atom stereocenters. The SMILES string of the molecule is COc1ccc(CNc2cc(C(=O)Nc3cccc(C#N)c3)nc(C)n2)cc1. The maximum Gasteiger partial charge on any atom is 0.274 e. The minimum atomic E-state index is -0.368. The van der Waals surface area contributed by atoms with Gasteiger partial charge in [-0.25, -0.2) is 9.97 Å². The Morgan fingerprint density at radius 3 is 2.64 bits per heavy atom. The molecule has 2 aromatic carbocycles. The Morgan fingerprint density at radius 2 is 1.93 bits per heavy atom. The minimum absolute atomic E-state index is 0.243. The summed E-state index contributed by atoms with van der Waals surface area (Å²) in [5, 5.41) is 14.9. The Hall–Kier alpha value is -3.92. The van der Waals surface area contributed by atoms with Crippen molar-refractivity contribution in [3.63, 3.8) is 0 Å². The second-order valence-electron chi connectivity index (χ2n) is 6.03. The topological polar surface area (TPSA) is 99.9 Å². The highest BCUT2D eigenvalue weighted by Gasteiger charge is 2.11. The molecule has 0 saturated carbocycles. The van der Waals surface area contributed by atoms with Crippen LogP contribution in [-0.4, -0.2) is 23.0 Å². The van der Waals surface area contributed by atoms with E-state index in [1.54, 1.807) is 44.4 Å². The molecule has 0 aliphatic rings. The van der Waals surface area contributed by atoms with Crippen molar-refractivity contribution in [2.24, 2.45) is 0 Å². The summed E-state index contributed by atoms with van der Waals surface area (Å²) in [5.74, 6) is 1.46. The van der Waals surface area contributed by atoms with Crippen molar-refractivity contribution in [3.8, 4) is 11.8 Å². The summed E-state index contributed by atoms with van der Waals surface area (Å²) in [6.07, 6.45) is 0. The Balaban J connectivity index is 1.71. The van der Waals surface area contributed by atoms with Crippen molar-refractivity contribution in [1.29, 1.82) is 5.26 Å². The van der Waals surface area contributed by atoms with Gasteiger partial charge in [-0.05, 0) is 42.8 Å². The molecule has 28 heavy (non-hydrogen) atoms. The van der Waals surface area contributed by atoms with Gasteiger partial charge in [0, 0.05) is 18.3 Å². The second-order valence-corrected chi connectivity index (χ2v) is 6.03. The van der Waals surface area contributed by atoms with Gasteiger partial charge in [-0.2, -0.15) is 5.26 Å². The number of nitrogens with one attached hydrogen (secondary N) is 2. The molecule has 7 nitrogen and oxygen atoms in total. The van der Waals surface area contributed by atoms with Crippen LogP contribution in [0.25, 0.3) is 0 Å². The number of carbonyl (C=O) groups excluding carboxylic acids is 1. The summed E-state index contributed by atoms with van der Waals surface area (Å²) < 4.78 is 5.15. The number of benzene rings is 2. The molecule has 1 heterocycles. The molecule has 0 fully saturated rings. The number of carbonyl (C=O) groups is 1. The van der Waals surface area contributed by atoms with Crippen molar-refractivity contribution in [2.45, 2.75) is 13.5 Å². The highest BCUT2D eigenvalue weighted by atomic mass is 16.5. The van der Waals surface area contributed by atoms with Crippen molar-refractivity contribution >= 4 is 17.4 Å². The first kappa shape index (κ1) is 18.9. The van der Waals surface area contributed by atoms with Gasteiger partial charge in [0.2, 0.25) is 0 Å². The zero-order chi connectivity index (χ0) is 19.9. The van der Waals surface area contributed by atoms with Gasteiger partial charge in [-0.15, -0.1) is 0 Å². The zero-order valence-electron chi connectivity index (χ0n) is 15.6. The fourth-order valence-corrected chi connectivity index (χ4v) is 2.57. The van der Waals surface area contributed by atoms with Crippen molar-refractivity contribution in [3.05, 3.63) is 77.2 Å². The van der Waals surface area contributed by atoms with Gasteiger partial charge in [-0.3, -0.25) is 4.79 Å². The Bertz CT molecular complexity index is 1030. The summed E-state index contributed by atoms with van der Waals surface area (Å²) in [4.78, 5) is 21.1. The number of amides is 1. The monoisotopic (exact) mass is 373 g/mol. The van der Waals surface area contributed by atoms with Crippen LogP contribution in [0.1, 0.15) is 27.4 Å². The number of anilines is 2. The lowest BCUT2D eigenvalue weighted by molar-refractivity contribution is 0.102. The van der Waals surface area contributed by atoms with Crippen LogP contribution in [0, 0.1) is 18.3 Å². The summed E-state index contributed by atoms with van der Waals surface area (Å²) in [7, 11) is 1.63. The van der Waals surface area contributed by atoms with Crippen LogP contribution in [-0.2, 0) is 6.54 Å². The molecule has 2 N–H and O–H groups in total. The van der Waals surface area contributed by atoms with E-state index in [-0.39, 0.29) is 11.6 Å². The maximum atomic E-state index is 12.5. The third-order valence-electron chi connectivity index (χ3n) is 3.95. The van der Waals surface area contributed by atoms with Gasteiger partial charge in [0.1, 0.15) is 23.1 Å². The van der Waals surface area contributed by atoms with E-state index in [2.05, 4.69) is 20.6 Å². The maximum absolute atomic E-state index is 12.5. The second kappa shape index (κ2) is 8.64. The lowest BCUT2D eigenvalue weighted by Crippen LogP contribution is -2.16. The fraction of sp³-hybridized carbons (Fsp3) is 0.143. The first-order valence-corrected chi connectivity index (χ1v) is 8.61. The predicted octanol–water partition coefficient (Wildman–Crippen LogP) is 3.53. The van der Waals surface area contributed by atoms with E-state index in [1.165, 1.54) is 0 Å². The molecule has 0 radical (unpaired) electrons. The van der Waals surface area contributed by atoms with Crippen LogP contribution < -0.4 is 15.4 Å². The molecule has 7 heteroatoms. The van der Waals surface area contributed by atoms with Crippen LogP contribution in [0.5, 0.6) is 5.75 Å². The van der Waals surface area contributed by atoms with Crippen molar-refractivity contribution < 1.29 is 9.53 Å². The van der Waals surface area contributed by atoms with Crippen LogP contribution in [0.15, 0.2) is 54.6 Å². The van der Waals surface area contributed by atoms with Gasteiger partial charge in [0.05, 0.1) is 18.7 Å². The van der Waals surface area contributed by atoms with Gasteiger partial charge in [0.15, 0.2) is 0 Å². The Labute approximate surface area is 163 Å². The number of hydrogen-bond acceptors (Lipinski definition) is 6. The quantitative estimate of drug-likeness (QED) is 0.686. The van der Waals surface area contributed by atoms with E-state index in [4.69, 9.17) is 10.00 Å². The van der Waals surface area contributed by atoms with E-state index in [0.717, 1.165) is 11.3 Å². The van der Waals surface area contributed by atoms with Crippen LogP contribution in [0.2, 0.25) is 0 Å². The van der Waals surface area contributed by atoms with Crippen LogP contribution in [0.3, 0.4) is 0 Å². The first-order valence-electron chi connectivity index (χ1n) is 8.61. The Morgan fingerprint density at radius 1 is 1.14 bits per heavy atom. The number of aromatic nitrogens is 2. The molecule has 0 aliphatic carbocycles. The molecule has 0 aliphatic heterocycles. The average Bonchev–Trinajstić information content (AvgIpc) is 2.72. The van der Waals surface area contributed by atoms with Gasteiger partial charge in [0.25, 0.3) is 5.91 Å². The molecule has 3 aromatic rings.